The molecule has 1 unspecified atom stereocenters. The van der Waals surface area contributed by atoms with Crippen LogP contribution in [0.5, 0.6) is 11.6 Å². The standard InChI is InChI=1S/C39H45F5N6O8/c1-17-25-26-32(47-28(17)22-14-54-15-24(51)46-22)49-16-38(9)11-10-23(50(38)35(53)58-37(6,7)8)30(49)18(2)55-33(26)48-29(27(25)41)20-12-19(45-34(52)57-36(3,4)5)13-21(40)31(20)56-39(42,43)44/h12-13,18,22-23,30H,10-11,14-16H2,1-9H3,(H,45,52)(H,46,51)/t18-,22?,23-,30+,38+/m0/s1. The van der Waals surface area contributed by atoms with Gasteiger partial charge in [0.2, 0.25) is 11.8 Å². The molecule has 7 rings (SSSR count). The van der Waals surface area contributed by atoms with Crippen LogP contribution in [-0.2, 0) is 19.0 Å². The van der Waals surface area contributed by atoms with Gasteiger partial charge in [0, 0.05) is 23.7 Å². The van der Waals surface area contributed by atoms with Gasteiger partial charge in [0.1, 0.15) is 35.4 Å². The van der Waals surface area contributed by atoms with Crippen LogP contribution in [0.3, 0.4) is 0 Å². The number of piperazine rings is 1. The van der Waals surface area contributed by atoms with Crippen molar-refractivity contribution in [1.29, 1.82) is 0 Å². The molecule has 2 N–H and O–H groups in total. The van der Waals surface area contributed by atoms with E-state index in [9.17, 15) is 27.6 Å². The summed E-state index contributed by atoms with van der Waals surface area (Å²) in [4.78, 5) is 52.2. The van der Waals surface area contributed by atoms with Gasteiger partial charge < -0.3 is 33.9 Å². The molecule has 14 nitrogen and oxygen atoms in total. The number of fused-ring (bicyclic) bond motifs is 5. The van der Waals surface area contributed by atoms with Crippen molar-refractivity contribution in [3.63, 3.8) is 0 Å². The molecule has 4 aliphatic heterocycles. The van der Waals surface area contributed by atoms with E-state index in [-0.39, 0.29) is 53.5 Å². The minimum Gasteiger partial charge on any atom is -0.472 e. The van der Waals surface area contributed by atoms with Crippen LogP contribution in [0.1, 0.15) is 85.5 Å². The SMILES string of the molecule is Cc1c(C2COCC(=O)N2)nc2c3c(nc(-c4cc(NC(=O)OC(C)(C)C)cc(F)c4OC(F)(F)F)c(F)c13)O[C@@H](C)[C@@H]1[C@@H]3CC[C@](C)(CN21)N3C(=O)OC(C)(C)C. The lowest BCUT2D eigenvalue weighted by atomic mass is 9.92. The minimum absolute atomic E-state index is 0.0345. The molecule has 3 saturated heterocycles. The van der Waals surface area contributed by atoms with Crippen molar-refractivity contribution in [2.75, 3.05) is 30.0 Å². The summed E-state index contributed by atoms with van der Waals surface area (Å²) in [6, 6.07) is -0.552. The molecule has 2 bridgehead atoms. The fraction of sp³-hybridized carbons (Fsp3) is 0.564. The fourth-order valence-electron chi connectivity index (χ4n) is 8.43. The monoisotopic (exact) mass is 820 g/mol. The first-order valence-electron chi connectivity index (χ1n) is 18.8. The van der Waals surface area contributed by atoms with E-state index in [0.29, 0.717) is 18.9 Å². The van der Waals surface area contributed by atoms with Crippen molar-refractivity contribution >= 4 is 40.4 Å². The zero-order valence-corrected chi connectivity index (χ0v) is 33.4. The van der Waals surface area contributed by atoms with Gasteiger partial charge in [-0.1, -0.05) is 0 Å². The lowest BCUT2D eigenvalue weighted by Crippen LogP contribution is -2.69. The highest BCUT2D eigenvalue weighted by Crippen LogP contribution is 2.51. The van der Waals surface area contributed by atoms with Crippen molar-refractivity contribution < 1.29 is 60.0 Å². The number of benzene rings is 1. The van der Waals surface area contributed by atoms with Gasteiger partial charge in [0.15, 0.2) is 17.4 Å². The normalized spacial score (nSPS) is 24.4. The second-order valence-electron chi connectivity index (χ2n) is 17.3. The number of amides is 3. The zero-order valence-electron chi connectivity index (χ0n) is 33.4. The molecule has 3 aromatic rings. The number of aryl methyl sites for hydroxylation is 1. The molecule has 0 radical (unpaired) electrons. The maximum Gasteiger partial charge on any atom is 0.573 e. The van der Waals surface area contributed by atoms with Gasteiger partial charge in [0.25, 0.3) is 0 Å². The summed E-state index contributed by atoms with van der Waals surface area (Å²) in [5, 5.41) is 4.97. The zero-order chi connectivity index (χ0) is 42.4. The summed E-state index contributed by atoms with van der Waals surface area (Å²) in [5.74, 6) is -4.72. The predicted octanol–water partition coefficient (Wildman–Crippen LogP) is 7.44. The number of alkyl halides is 3. The van der Waals surface area contributed by atoms with E-state index in [4.69, 9.17) is 23.9 Å². The Morgan fingerprint density at radius 3 is 2.36 bits per heavy atom. The van der Waals surface area contributed by atoms with Crippen LogP contribution in [0.2, 0.25) is 0 Å². The van der Waals surface area contributed by atoms with Gasteiger partial charge in [-0.05, 0) is 86.8 Å². The van der Waals surface area contributed by atoms with Gasteiger partial charge in [-0.3, -0.25) is 15.0 Å². The van der Waals surface area contributed by atoms with Crippen LogP contribution in [-0.4, -0.2) is 94.0 Å². The van der Waals surface area contributed by atoms with Crippen molar-refractivity contribution in [2.45, 2.75) is 122 Å². The number of ether oxygens (including phenoxy) is 5. The average molecular weight is 821 g/mol. The number of aromatic nitrogens is 2. The Hall–Kier alpha value is -5.20. The number of hydrogen-bond donors (Lipinski definition) is 2. The maximum absolute atomic E-state index is 17.6. The van der Waals surface area contributed by atoms with Gasteiger partial charge in [-0.15, -0.1) is 13.2 Å². The number of carbonyl (C=O) groups excluding carboxylic acids is 3. The number of pyridine rings is 2. The third kappa shape index (κ3) is 7.59. The van der Waals surface area contributed by atoms with Crippen LogP contribution in [0.25, 0.3) is 22.0 Å². The second kappa shape index (κ2) is 14.0. The molecule has 0 spiro atoms. The number of rotatable bonds is 4. The molecule has 314 valence electrons. The first kappa shape index (κ1) is 41.0. The number of halogens is 5. The lowest BCUT2D eigenvalue weighted by Gasteiger charge is -2.52. The lowest BCUT2D eigenvalue weighted by molar-refractivity contribution is -0.275. The molecule has 58 heavy (non-hydrogen) atoms. The summed E-state index contributed by atoms with van der Waals surface area (Å²) in [7, 11) is 0. The first-order chi connectivity index (χ1) is 26.8. The molecular formula is C39H45F5N6O8. The largest absolute Gasteiger partial charge is 0.573 e. The first-order valence-corrected chi connectivity index (χ1v) is 18.8. The van der Waals surface area contributed by atoms with Gasteiger partial charge in [0.05, 0.1) is 46.9 Å². The highest BCUT2D eigenvalue weighted by Gasteiger charge is 2.59. The van der Waals surface area contributed by atoms with E-state index in [0.717, 1.165) is 6.07 Å². The van der Waals surface area contributed by atoms with Gasteiger partial charge >= 0.3 is 18.5 Å². The summed E-state index contributed by atoms with van der Waals surface area (Å²) in [6.07, 6.45) is -6.71. The molecule has 0 saturated carbocycles. The Kier molecular flexibility index (Phi) is 9.87. The van der Waals surface area contributed by atoms with E-state index < -0.39 is 99.8 Å². The molecular weight excluding hydrogens is 775 g/mol. The number of anilines is 2. The number of morpholine rings is 1. The molecule has 6 heterocycles. The Balaban J connectivity index is 1.47. The van der Waals surface area contributed by atoms with E-state index in [2.05, 4.69) is 20.4 Å². The quantitative estimate of drug-likeness (QED) is 0.253. The van der Waals surface area contributed by atoms with E-state index in [1.807, 2.05) is 11.8 Å². The van der Waals surface area contributed by atoms with E-state index in [1.54, 1.807) is 53.4 Å². The van der Waals surface area contributed by atoms with E-state index >= 15 is 8.78 Å². The van der Waals surface area contributed by atoms with E-state index in [1.165, 1.54) is 6.92 Å². The Morgan fingerprint density at radius 2 is 1.72 bits per heavy atom. The van der Waals surface area contributed by atoms with Crippen molar-refractivity contribution in [1.82, 2.24) is 20.2 Å². The highest BCUT2D eigenvalue weighted by atomic mass is 19.4. The summed E-state index contributed by atoms with van der Waals surface area (Å²) >= 11 is 0. The number of hydrogen-bond acceptors (Lipinski definition) is 11. The van der Waals surface area contributed by atoms with Crippen LogP contribution in [0.15, 0.2) is 12.1 Å². The summed E-state index contributed by atoms with van der Waals surface area (Å²) < 4.78 is 102. The van der Waals surface area contributed by atoms with Gasteiger partial charge in [-0.2, -0.15) is 0 Å². The third-order valence-corrected chi connectivity index (χ3v) is 10.5. The number of carbonyl (C=O) groups is 3. The summed E-state index contributed by atoms with van der Waals surface area (Å²) in [5.41, 5.74) is -4.24. The molecule has 19 heteroatoms. The predicted molar refractivity (Wildman–Crippen MR) is 199 cm³/mol. The van der Waals surface area contributed by atoms with Crippen LogP contribution in [0, 0.1) is 18.6 Å². The fourth-order valence-corrected chi connectivity index (χ4v) is 8.43. The molecule has 3 fully saturated rings. The smallest absolute Gasteiger partial charge is 0.472 e. The van der Waals surface area contributed by atoms with Crippen LogP contribution >= 0.6 is 0 Å². The average Bonchev–Trinajstić information content (AvgIpc) is 3.25. The Morgan fingerprint density at radius 1 is 1.03 bits per heavy atom. The summed E-state index contributed by atoms with van der Waals surface area (Å²) in [6.45, 7) is 15.1. The maximum atomic E-state index is 17.6. The van der Waals surface area contributed by atoms with Crippen LogP contribution in [0.4, 0.5) is 43.0 Å². The number of nitrogens with zero attached hydrogens (tertiary/aromatic N) is 4. The molecule has 2 aromatic heterocycles. The highest BCUT2D eigenvalue weighted by molar-refractivity contribution is 6.02. The molecule has 0 aliphatic carbocycles. The van der Waals surface area contributed by atoms with Crippen molar-refractivity contribution in [3.8, 4) is 22.9 Å². The molecule has 4 aliphatic rings. The molecule has 1 aromatic carbocycles. The van der Waals surface area contributed by atoms with Crippen LogP contribution < -0.4 is 25.0 Å². The topological polar surface area (TPSA) is 154 Å². The Bertz CT molecular complexity index is 2210. The second-order valence-corrected chi connectivity index (χ2v) is 17.3. The van der Waals surface area contributed by atoms with Crippen molar-refractivity contribution in [3.05, 3.63) is 35.0 Å². The number of nitrogens with one attached hydrogen (secondary N) is 2. The molecule has 3 amide bonds. The van der Waals surface area contributed by atoms with Gasteiger partial charge in [-0.25, -0.2) is 28.3 Å². The Labute approximate surface area is 330 Å². The molecule has 5 atom stereocenters. The third-order valence-electron chi connectivity index (χ3n) is 10.5. The minimum atomic E-state index is -5.43. The van der Waals surface area contributed by atoms with Crippen molar-refractivity contribution in [2.24, 2.45) is 0 Å².